The summed E-state index contributed by atoms with van der Waals surface area (Å²) in [6, 6.07) is 11.7. The van der Waals surface area contributed by atoms with Crippen molar-refractivity contribution in [2.75, 3.05) is 31.1 Å². The topological polar surface area (TPSA) is 79.0 Å². The average Bonchev–Trinajstić information content (AvgIpc) is 3.09. The van der Waals surface area contributed by atoms with E-state index in [1.807, 2.05) is 6.92 Å². The van der Waals surface area contributed by atoms with Gasteiger partial charge in [0, 0.05) is 24.7 Å². The molecule has 0 spiro atoms. The van der Waals surface area contributed by atoms with Gasteiger partial charge in [-0.1, -0.05) is 13.3 Å². The van der Waals surface area contributed by atoms with Gasteiger partial charge in [0.15, 0.2) is 0 Å². The standard InChI is InChI=1S/C26H31N3O4/c1-3-5-14-28-15-12-19(13-16-28)27-24(30)18-6-11-22-23(17-18)26(32)29(25(22)31)20-7-9-21(10-8-20)33-4-2/h6-11,17,19H,3-5,12-16H2,1-2H3,(H,27,30). The van der Waals surface area contributed by atoms with Crippen molar-refractivity contribution in [1.82, 2.24) is 10.2 Å². The van der Waals surface area contributed by atoms with Gasteiger partial charge in [-0.05, 0) is 75.2 Å². The zero-order valence-electron chi connectivity index (χ0n) is 19.3. The van der Waals surface area contributed by atoms with Crippen LogP contribution in [-0.2, 0) is 0 Å². The SMILES string of the molecule is CCCCN1CCC(NC(=O)c2ccc3c(c2)C(=O)N(c2ccc(OCC)cc2)C3=O)CC1. The molecule has 1 fully saturated rings. The Morgan fingerprint density at radius 1 is 1.00 bits per heavy atom. The molecule has 0 bridgehead atoms. The van der Waals surface area contributed by atoms with Crippen molar-refractivity contribution in [3.05, 3.63) is 59.2 Å². The van der Waals surface area contributed by atoms with E-state index in [1.54, 1.807) is 36.4 Å². The number of hydrogen-bond donors (Lipinski definition) is 1. The Hall–Kier alpha value is -3.19. The number of carbonyl (C=O) groups is 3. The molecule has 2 aliphatic rings. The van der Waals surface area contributed by atoms with Crippen LogP contribution in [0.2, 0.25) is 0 Å². The second-order valence-electron chi connectivity index (χ2n) is 8.58. The van der Waals surface area contributed by atoms with Crippen molar-refractivity contribution >= 4 is 23.4 Å². The van der Waals surface area contributed by atoms with Crippen LogP contribution >= 0.6 is 0 Å². The first-order valence-electron chi connectivity index (χ1n) is 11.8. The van der Waals surface area contributed by atoms with Crippen LogP contribution in [0.15, 0.2) is 42.5 Å². The summed E-state index contributed by atoms with van der Waals surface area (Å²) < 4.78 is 5.43. The number of nitrogens with zero attached hydrogens (tertiary/aromatic N) is 2. The monoisotopic (exact) mass is 449 g/mol. The fraction of sp³-hybridized carbons (Fsp3) is 0.423. The molecule has 0 atom stereocenters. The number of hydrogen-bond acceptors (Lipinski definition) is 5. The number of anilines is 1. The van der Waals surface area contributed by atoms with Gasteiger partial charge >= 0.3 is 0 Å². The lowest BCUT2D eigenvalue weighted by Gasteiger charge is -2.32. The summed E-state index contributed by atoms with van der Waals surface area (Å²) in [5.74, 6) is -0.332. The van der Waals surface area contributed by atoms with Crippen molar-refractivity contribution in [2.24, 2.45) is 0 Å². The van der Waals surface area contributed by atoms with Crippen LogP contribution in [0.4, 0.5) is 5.69 Å². The number of likely N-dealkylation sites (tertiary alicyclic amines) is 1. The number of rotatable bonds is 8. The predicted octanol–water partition coefficient (Wildman–Crippen LogP) is 3.88. The maximum absolute atomic E-state index is 13.0. The van der Waals surface area contributed by atoms with Crippen molar-refractivity contribution < 1.29 is 19.1 Å². The van der Waals surface area contributed by atoms with E-state index in [4.69, 9.17) is 4.74 Å². The number of benzene rings is 2. The summed E-state index contributed by atoms with van der Waals surface area (Å²) >= 11 is 0. The Labute approximate surface area is 194 Å². The molecule has 3 amide bonds. The van der Waals surface area contributed by atoms with E-state index in [9.17, 15) is 14.4 Å². The minimum absolute atomic E-state index is 0.126. The lowest BCUT2D eigenvalue weighted by atomic mass is 10.0. The van der Waals surface area contributed by atoms with E-state index in [1.165, 1.54) is 18.9 Å². The van der Waals surface area contributed by atoms with E-state index in [0.717, 1.165) is 37.4 Å². The Bertz CT molecular complexity index is 1030. The Balaban J connectivity index is 1.43. The maximum atomic E-state index is 13.0. The van der Waals surface area contributed by atoms with Gasteiger partial charge in [0.2, 0.25) is 0 Å². The first-order valence-corrected chi connectivity index (χ1v) is 11.8. The predicted molar refractivity (Wildman–Crippen MR) is 127 cm³/mol. The molecule has 7 heteroatoms. The molecule has 0 unspecified atom stereocenters. The van der Waals surface area contributed by atoms with Crippen LogP contribution in [0.1, 0.15) is 70.6 Å². The van der Waals surface area contributed by atoms with E-state index < -0.39 is 5.91 Å². The summed E-state index contributed by atoms with van der Waals surface area (Å²) in [4.78, 5) is 42.4. The number of nitrogens with one attached hydrogen (secondary N) is 1. The Morgan fingerprint density at radius 3 is 2.36 bits per heavy atom. The van der Waals surface area contributed by atoms with Gasteiger partial charge in [-0.2, -0.15) is 0 Å². The number of imide groups is 1. The second-order valence-corrected chi connectivity index (χ2v) is 8.58. The van der Waals surface area contributed by atoms with Crippen molar-refractivity contribution in [2.45, 2.75) is 45.6 Å². The summed E-state index contributed by atoms with van der Waals surface area (Å²) in [6.07, 6.45) is 4.23. The van der Waals surface area contributed by atoms with E-state index in [2.05, 4.69) is 17.1 Å². The zero-order valence-corrected chi connectivity index (χ0v) is 19.3. The van der Waals surface area contributed by atoms with Gasteiger partial charge in [-0.15, -0.1) is 0 Å². The molecule has 2 aliphatic heterocycles. The second kappa shape index (κ2) is 10.2. The molecule has 7 nitrogen and oxygen atoms in total. The quantitative estimate of drug-likeness (QED) is 0.619. The third-order valence-corrected chi connectivity index (χ3v) is 6.31. The normalized spacial score (nSPS) is 16.7. The number of unbranched alkanes of at least 4 members (excludes halogenated alkanes) is 1. The minimum atomic E-state index is -0.418. The summed E-state index contributed by atoms with van der Waals surface area (Å²) in [5.41, 5.74) is 1.45. The number of fused-ring (bicyclic) bond motifs is 1. The molecule has 2 aromatic carbocycles. The molecule has 0 aromatic heterocycles. The third-order valence-electron chi connectivity index (χ3n) is 6.31. The van der Waals surface area contributed by atoms with E-state index in [0.29, 0.717) is 29.2 Å². The van der Waals surface area contributed by atoms with Crippen LogP contribution in [-0.4, -0.2) is 54.9 Å². The highest BCUT2D eigenvalue weighted by Crippen LogP contribution is 2.30. The van der Waals surface area contributed by atoms with Gasteiger partial charge in [0.25, 0.3) is 17.7 Å². The molecule has 33 heavy (non-hydrogen) atoms. The fourth-order valence-electron chi connectivity index (χ4n) is 4.43. The van der Waals surface area contributed by atoms with Gasteiger partial charge in [0.1, 0.15) is 5.75 Å². The highest BCUT2D eigenvalue weighted by Gasteiger charge is 2.37. The molecule has 0 saturated carbocycles. The Kier molecular flexibility index (Phi) is 7.08. The van der Waals surface area contributed by atoms with Crippen LogP contribution in [0.5, 0.6) is 5.75 Å². The maximum Gasteiger partial charge on any atom is 0.266 e. The molecule has 2 aromatic rings. The molecule has 1 N–H and O–H groups in total. The van der Waals surface area contributed by atoms with Crippen LogP contribution < -0.4 is 15.0 Å². The van der Waals surface area contributed by atoms with Gasteiger partial charge in [0.05, 0.1) is 23.4 Å². The molecular formula is C26H31N3O4. The number of piperidine rings is 1. The van der Waals surface area contributed by atoms with Gasteiger partial charge in [-0.3, -0.25) is 14.4 Å². The Morgan fingerprint density at radius 2 is 1.70 bits per heavy atom. The van der Waals surface area contributed by atoms with Crippen molar-refractivity contribution in [1.29, 1.82) is 0 Å². The lowest BCUT2D eigenvalue weighted by Crippen LogP contribution is -2.44. The summed E-state index contributed by atoms with van der Waals surface area (Å²) in [6.45, 7) is 7.71. The molecule has 2 heterocycles. The molecule has 0 radical (unpaired) electrons. The molecule has 174 valence electrons. The highest BCUT2D eigenvalue weighted by atomic mass is 16.5. The van der Waals surface area contributed by atoms with Gasteiger partial charge < -0.3 is 15.0 Å². The van der Waals surface area contributed by atoms with E-state index in [-0.39, 0.29) is 23.4 Å². The van der Waals surface area contributed by atoms with Crippen molar-refractivity contribution in [3.8, 4) is 5.75 Å². The summed E-state index contributed by atoms with van der Waals surface area (Å²) in [5, 5.41) is 3.10. The number of carbonyl (C=O) groups excluding carboxylic acids is 3. The lowest BCUT2D eigenvalue weighted by molar-refractivity contribution is 0.0906. The first-order chi connectivity index (χ1) is 16.0. The fourth-order valence-corrected chi connectivity index (χ4v) is 4.43. The highest BCUT2D eigenvalue weighted by molar-refractivity contribution is 6.34. The molecular weight excluding hydrogens is 418 g/mol. The first kappa shape index (κ1) is 23.0. The largest absolute Gasteiger partial charge is 0.494 e. The molecule has 0 aliphatic carbocycles. The van der Waals surface area contributed by atoms with Crippen LogP contribution in [0.3, 0.4) is 0 Å². The van der Waals surface area contributed by atoms with E-state index >= 15 is 0 Å². The summed E-state index contributed by atoms with van der Waals surface area (Å²) in [7, 11) is 0. The average molecular weight is 450 g/mol. The van der Waals surface area contributed by atoms with Crippen molar-refractivity contribution in [3.63, 3.8) is 0 Å². The third kappa shape index (κ3) is 4.93. The molecule has 1 saturated heterocycles. The minimum Gasteiger partial charge on any atom is -0.494 e. The smallest absolute Gasteiger partial charge is 0.266 e. The molecule has 4 rings (SSSR count). The van der Waals surface area contributed by atoms with Gasteiger partial charge in [-0.25, -0.2) is 4.90 Å². The number of ether oxygens (including phenoxy) is 1. The number of amides is 3. The van der Waals surface area contributed by atoms with Crippen LogP contribution in [0.25, 0.3) is 0 Å². The zero-order chi connectivity index (χ0) is 23.4. The van der Waals surface area contributed by atoms with Crippen LogP contribution in [0, 0.1) is 0 Å².